The topological polar surface area (TPSA) is 35.5 Å². The summed E-state index contributed by atoms with van der Waals surface area (Å²) in [7, 11) is 0. The number of aldehydes is 1. The van der Waals surface area contributed by atoms with E-state index < -0.39 is 0 Å². The Morgan fingerprint density at radius 1 is 1.27 bits per heavy atom. The van der Waals surface area contributed by atoms with E-state index in [9.17, 15) is 4.79 Å². The first-order valence-corrected chi connectivity index (χ1v) is 5.16. The van der Waals surface area contributed by atoms with Crippen molar-refractivity contribution in [2.45, 2.75) is 20.3 Å². The maximum atomic E-state index is 10.7. The smallest absolute Gasteiger partial charge is 0.153 e. The molecule has 0 heterocycles. The Kier molecular flexibility index (Phi) is 4.68. The Balaban J connectivity index is 2.83. The Hall–Kier alpha value is -1.51. The minimum atomic E-state index is 0.540. The van der Waals surface area contributed by atoms with Gasteiger partial charge in [-0.3, -0.25) is 4.79 Å². The molecule has 15 heavy (non-hydrogen) atoms. The Morgan fingerprint density at radius 2 is 2.07 bits per heavy atom. The standard InChI is InChI=1S/C12H16O3/c1-3-7-15-11-6-5-10(9-13)12(8-11)14-4-2/h5-6,8-9H,3-4,7H2,1-2H3. The third-order valence-corrected chi connectivity index (χ3v) is 1.88. The van der Waals surface area contributed by atoms with E-state index in [0.717, 1.165) is 18.5 Å². The second-order valence-corrected chi connectivity index (χ2v) is 3.10. The van der Waals surface area contributed by atoms with Gasteiger partial charge in [0.2, 0.25) is 0 Å². The average molecular weight is 208 g/mol. The molecule has 1 rings (SSSR count). The summed E-state index contributed by atoms with van der Waals surface area (Å²) >= 11 is 0. The van der Waals surface area contributed by atoms with Crippen LogP contribution in [-0.2, 0) is 0 Å². The van der Waals surface area contributed by atoms with Gasteiger partial charge >= 0.3 is 0 Å². The minimum absolute atomic E-state index is 0.540. The lowest BCUT2D eigenvalue weighted by Gasteiger charge is -2.09. The predicted molar refractivity (Wildman–Crippen MR) is 58.8 cm³/mol. The van der Waals surface area contributed by atoms with E-state index in [1.165, 1.54) is 0 Å². The van der Waals surface area contributed by atoms with Crippen molar-refractivity contribution in [1.82, 2.24) is 0 Å². The lowest BCUT2D eigenvalue weighted by Crippen LogP contribution is -1.99. The molecule has 82 valence electrons. The molecular formula is C12H16O3. The van der Waals surface area contributed by atoms with Crippen LogP contribution in [0.1, 0.15) is 30.6 Å². The van der Waals surface area contributed by atoms with Gasteiger partial charge in [-0.05, 0) is 25.5 Å². The number of hydrogen-bond acceptors (Lipinski definition) is 3. The van der Waals surface area contributed by atoms with Crippen LogP contribution in [0, 0.1) is 0 Å². The fraction of sp³-hybridized carbons (Fsp3) is 0.417. The van der Waals surface area contributed by atoms with E-state index in [1.54, 1.807) is 18.2 Å². The Bertz CT molecular complexity index is 321. The van der Waals surface area contributed by atoms with Crippen LogP contribution >= 0.6 is 0 Å². The van der Waals surface area contributed by atoms with Crippen molar-refractivity contribution in [3.63, 3.8) is 0 Å². The van der Waals surface area contributed by atoms with Gasteiger partial charge in [-0.15, -0.1) is 0 Å². The lowest BCUT2D eigenvalue weighted by molar-refractivity contribution is 0.112. The zero-order valence-corrected chi connectivity index (χ0v) is 9.16. The van der Waals surface area contributed by atoms with E-state index in [1.807, 2.05) is 13.8 Å². The quantitative estimate of drug-likeness (QED) is 0.674. The van der Waals surface area contributed by atoms with Crippen LogP contribution in [0.15, 0.2) is 18.2 Å². The fourth-order valence-electron chi connectivity index (χ4n) is 1.20. The van der Waals surface area contributed by atoms with Gasteiger partial charge < -0.3 is 9.47 Å². The van der Waals surface area contributed by atoms with Crippen LogP contribution in [0.3, 0.4) is 0 Å². The third kappa shape index (κ3) is 3.27. The number of ether oxygens (including phenoxy) is 2. The molecule has 0 bridgehead atoms. The van der Waals surface area contributed by atoms with E-state index in [0.29, 0.717) is 24.5 Å². The molecule has 0 aliphatic rings. The van der Waals surface area contributed by atoms with Crippen molar-refractivity contribution in [3.8, 4) is 11.5 Å². The molecule has 0 saturated heterocycles. The van der Waals surface area contributed by atoms with E-state index in [-0.39, 0.29) is 0 Å². The summed E-state index contributed by atoms with van der Waals surface area (Å²) in [5.74, 6) is 1.33. The summed E-state index contributed by atoms with van der Waals surface area (Å²) in [5, 5.41) is 0. The molecule has 0 N–H and O–H groups in total. The summed E-state index contributed by atoms with van der Waals surface area (Å²) in [4.78, 5) is 10.7. The van der Waals surface area contributed by atoms with Gasteiger partial charge in [-0.2, -0.15) is 0 Å². The predicted octanol–water partition coefficient (Wildman–Crippen LogP) is 2.69. The monoisotopic (exact) mass is 208 g/mol. The number of carbonyl (C=O) groups is 1. The second kappa shape index (κ2) is 6.06. The molecule has 1 aromatic carbocycles. The first-order chi connectivity index (χ1) is 7.31. The highest BCUT2D eigenvalue weighted by Crippen LogP contribution is 2.23. The van der Waals surface area contributed by atoms with Gasteiger partial charge in [0, 0.05) is 6.07 Å². The number of benzene rings is 1. The highest BCUT2D eigenvalue weighted by atomic mass is 16.5. The molecule has 0 aliphatic carbocycles. The summed E-state index contributed by atoms with van der Waals surface area (Å²) in [5.41, 5.74) is 0.556. The zero-order valence-electron chi connectivity index (χ0n) is 9.16. The number of rotatable bonds is 6. The van der Waals surface area contributed by atoms with E-state index in [2.05, 4.69) is 0 Å². The Morgan fingerprint density at radius 3 is 2.67 bits per heavy atom. The van der Waals surface area contributed by atoms with Crippen LogP contribution in [-0.4, -0.2) is 19.5 Å². The number of hydrogen-bond donors (Lipinski definition) is 0. The Labute approximate surface area is 90.0 Å². The van der Waals surface area contributed by atoms with Crippen molar-refractivity contribution in [2.75, 3.05) is 13.2 Å². The number of carbonyl (C=O) groups excluding carboxylic acids is 1. The van der Waals surface area contributed by atoms with Gasteiger partial charge in [0.15, 0.2) is 6.29 Å². The molecule has 3 nitrogen and oxygen atoms in total. The molecule has 0 radical (unpaired) electrons. The van der Waals surface area contributed by atoms with Gasteiger partial charge in [-0.1, -0.05) is 6.92 Å². The van der Waals surface area contributed by atoms with Crippen LogP contribution in [0.4, 0.5) is 0 Å². The maximum absolute atomic E-state index is 10.7. The molecule has 0 aromatic heterocycles. The van der Waals surface area contributed by atoms with Gasteiger partial charge in [-0.25, -0.2) is 0 Å². The van der Waals surface area contributed by atoms with Gasteiger partial charge in [0.1, 0.15) is 11.5 Å². The van der Waals surface area contributed by atoms with Crippen molar-refractivity contribution >= 4 is 6.29 Å². The van der Waals surface area contributed by atoms with Crippen molar-refractivity contribution < 1.29 is 14.3 Å². The van der Waals surface area contributed by atoms with Crippen molar-refractivity contribution in [3.05, 3.63) is 23.8 Å². The molecule has 0 spiro atoms. The van der Waals surface area contributed by atoms with Crippen LogP contribution < -0.4 is 9.47 Å². The second-order valence-electron chi connectivity index (χ2n) is 3.10. The first kappa shape index (κ1) is 11.6. The highest BCUT2D eigenvalue weighted by Gasteiger charge is 2.04. The summed E-state index contributed by atoms with van der Waals surface area (Å²) in [6.07, 6.45) is 1.74. The molecule has 0 atom stereocenters. The average Bonchev–Trinajstić information content (AvgIpc) is 2.27. The minimum Gasteiger partial charge on any atom is -0.493 e. The van der Waals surface area contributed by atoms with Crippen molar-refractivity contribution in [2.24, 2.45) is 0 Å². The normalized spacial score (nSPS) is 9.73. The fourth-order valence-corrected chi connectivity index (χ4v) is 1.20. The summed E-state index contributed by atoms with van der Waals surface area (Å²) in [6, 6.07) is 5.24. The van der Waals surface area contributed by atoms with Gasteiger partial charge in [0.05, 0.1) is 18.8 Å². The molecule has 3 heteroatoms. The molecule has 0 saturated carbocycles. The maximum Gasteiger partial charge on any atom is 0.153 e. The van der Waals surface area contributed by atoms with Crippen LogP contribution in [0.2, 0.25) is 0 Å². The molecule has 0 aliphatic heterocycles. The van der Waals surface area contributed by atoms with Crippen LogP contribution in [0.25, 0.3) is 0 Å². The molecule has 0 unspecified atom stereocenters. The zero-order chi connectivity index (χ0) is 11.1. The lowest BCUT2D eigenvalue weighted by atomic mass is 10.2. The third-order valence-electron chi connectivity index (χ3n) is 1.88. The van der Waals surface area contributed by atoms with Crippen molar-refractivity contribution in [1.29, 1.82) is 0 Å². The van der Waals surface area contributed by atoms with Crippen LogP contribution in [0.5, 0.6) is 11.5 Å². The molecular weight excluding hydrogens is 192 g/mol. The molecule has 1 aromatic rings. The van der Waals surface area contributed by atoms with E-state index >= 15 is 0 Å². The molecule has 0 amide bonds. The molecule has 0 fully saturated rings. The van der Waals surface area contributed by atoms with E-state index in [4.69, 9.17) is 9.47 Å². The summed E-state index contributed by atoms with van der Waals surface area (Å²) in [6.45, 7) is 5.14. The SMILES string of the molecule is CCCOc1ccc(C=O)c(OCC)c1. The largest absolute Gasteiger partial charge is 0.493 e. The van der Waals surface area contributed by atoms with Gasteiger partial charge in [0.25, 0.3) is 0 Å². The summed E-state index contributed by atoms with van der Waals surface area (Å²) < 4.78 is 10.8. The highest BCUT2D eigenvalue weighted by molar-refractivity contribution is 5.79. The first-order valence-electron chi connectivity index (χ1n) is 5.16.